The van der Waals surface area contributed by atoms with Crippen LogP contribution < -0.4 is 5.32 Å². The first-order valence-electron chi connectivity index (χ1n) is 6.15. The van der Waals surface area contributed by atoms with Gasteiger partial charge in [-0.3, -0.25) is 9.59 Å². The lowest BCUT2D eigenvalue weighted by Gasteiger charge is -2.16. The van der Waals surface area contributed by atoms with Gasteiger partial charge in [0.15, 0.2) is 0 Å². The first-order chi connectivity index (χ1) is 9.19. The Morgan fingerprint density at radius 1 is 1.53 bits per heavy atom. The van der Waals surface area contributed by atoms with Gasteiger partial charge in [0.25, 0.3) is 5.91 Å². The van der Waals surface area contributed by atoms with Crippen LogP contribution in [0, 0.1) is 11.3 Å². The molecular formula is C13H17N3O2S. The molecule has 0 saturated carbocycles. The van der Waals surface area contributed by atoms with E-state index in [0.29, 0.717) is 30.8 Å². The minimum absolute atomic E-state index is 0.0468. The number of nitriles is 1. The zero-order valence-electron chi connectivity index (χ0n) is 10.9. The monoisotopic (exact) mass is 279 g/mol. The van der Waals surface area contributed by atoms with E-state index in [-0.39, 0.29) is 18.4 Å². The van der Waals surface area contributed by atoms with E-state index in [4.69, 9.17) is 5.26 Å². The molecule has 6 heteroatoms. The summed E-state index contributed by atoms with van der Waals surface area (Å²) in [5.41, 5.74) is 0. The highest BCUT2D eigenvalue weighted by Gasteiger charge is 2.11. The van der Waals surface area contributed by atoms with Crippen molar-refractivity contribution < 1.29 is 9.59 Å². The number of hydrogen-bond donors (Lipinski definition) is 1. The fraction of sp³-hybridized carbons (Fsp3) is 0.462. The third kappa shape index (κ3) is 5.10. The Labute approximate surface area is 116 Å². The molecule has 0 spiro atoms. The fourth-order valence-corrected chi connectivity index (χ4v) is 2.20. The molecule has 0 aliphatic heterocycles. The fourth-order valence-electron chi connectivity index (χ4n) is 1.56. The number of nitrogens with one attached hydrogen (secondary N) is 1. The van der Waals surface area contributed by atoms with Gasteiger partial charge in [0.1, 0.15) is 6.54 Å². The third-order valence-corrected chi connectivity index (χ3v) is 3.46. The summed E-state index contributed by atoms with van der Waals surface area (Å²) in [4.78, 5) is 25.5. The largest absolute Gasteiger partial charge is 0.351 e. The van der Waals surface area contributed by atoms with E-state index >= 15 is 0 Å². The number of nitrogens with zero attached hydrogens (tertiary/aromatic N) is 2. The standard InChI is InChI=1S/C13H17N3O2S/c1-2-16(9-7-14)12(17)6-3-8-15-13(18)11-5-4-10-19-11/h4-5,10H,2-3,6,8-9H2,1H3,(H,15,18). The molecule has 1 aromatic heterocycles. The van der Waals surface area contributed by atoms with Crippen molar-refractivity contribution >= 4 is 23.2 Å². The zero-order valence-corrected chi connectivity index (χ0v) is 11.7. The Hall–Kier alpha value is -1.87. The van der Waals surface area contributed by atoms with Crippen LogP contribution in [0.1, 0.15) is 29.4 Å². The second-order valence-electron chi connectivity index (χ2n) is 3.90. The molecule has 0 saturated heterocycles. The summed E-state index contributed by atoms with van der Waals surface area (Å²) in [6.45, 7) is 2.96. The van der Waals surface area contributed by atoms with Gasteiger partial charge in [-0.1, -0.05) is 6.07 Å². The molecule has 1 rings (SSSR count). The molecule has 0 unspecified atom stereocenters. The normalized spacial score (nSPS) is 9.68. The van der Waals surface area contributed by atoms with Crippen molar-refractivity contribution in [2.75, 3.05) is 19.6 Å². The molecule has 102 valence electrons. The summed E-state index contributed by atoms with van der Waals surface area (Å²) in [7, 11) is 0. The number of amides is 2. The van der Waals surface area contributed by atoms with Gasteiger partial charge in [-0.2, -0.15) is 5.26 Å². The number of carbonyl (C=O) groups is 2. The predicted molar refractivity (Wildman–Crippen MR) is 73.8 cm³/mol. The number of rotatable bonds is 7. The lowest BCUT2D eigenvalue weighted by atomic mass is 10.2. The first kappa shape index (κ1) is 15.2. The quantitative estimate of drug-likeness (QED) is 0.609. The van der Waals surface area contributed by atoms with Crippen molar-refractivity contribution in [1.29, 1.82) is 5.26 Å². The van der Waals surface area contributed by atoms with E-state index in [0.717, 1.165) is 0 Å². The average Bonchev–Trinajstić information content (AvgIpc) is 2.94. The van der Waals surface area contributed by atoms with Crippen LogP contribution in [0.25, 0.3) is 0 Å². The van der Waals surface area contributed by atoms with Crippen LogP contribution in [0.3, 0.4) is 0 Å². The summed E-state index contributed by atoms with van der Waals surface area (Å²) in [6, 6.07) is 5.55. The van der Waals surface area contributed by atoms with E-state index in [1.54, 1.807) is 6.07 Å². The molecule has 0 aliphatic carbocycles. The Morgan fingerprint density at radius 3 is 2.89 bits per heavy atom. The van der Waals surface area contributed by atoms with Gasteiger partial charge in [-0.05, 0) is 24.8 Å². The van der Waals surface area contributed by atoms with E-state index < -0.39 is 0 Å². The van der Waals surface area contributed by atoms with Crippen molar-refractivity contribution in [3.8, 4) is 6.07 Å². The lowest BCUT2D eigenvalue weighted by Crippen LogP contribution is -2.32. The Balaban J connectivity index is 2.22. The molecule has 0 aromatic carbocycles. The summed E-state index contributed by atoms with van der Waals surface area (Å²) in [5, 5.41) is 13.2. The first-order valence-corrected chi connectivity index (χ1v) is 7.03. The molecule has 0 fully saturated rings. The SMILES string of the molecule is CCN(CC#N)C(=O)CCCNC(=O)c1cccs1. The summed E-state index contributed by atoms with van der Waals surface area (Å²) in [5.74, 6) is -0.152. The Kier molecular flexibility index (Phi) is 6.61. The van der Waals surface area contributed by atoms with Crippen LogP contribution in [0.2, 0.25) is 0 Å². The Morgan fingerprint density at radius 2 is 2.32 bits per heavy atom. The maximum atomic E-state index is 11.7. The van der Waals surface area contributed by atoms with E-state index in [1.807, 2.05) is 24.4 Å². The van der Waals surface area contributed by atoms with Gasteiger partial charge in [0, 0.05) is 19.5 Å². The molecule has 1 aromatic rings. The number of hydrogen-bond acceptors (Lipinski definition) is 4. The highest BCUT2D eigenvalue weighted by atomic mass is 32.1. The van der Waals surface area contributed by atoms with Crippen LogP contribution >= 0.6 is 11.3 Å². The van der Waals surface area contributed by atoms with Gasteiger partial charge in [0.05, 0.1) is 10.9 Å². The summed E-state index contributed by atoms with van der Waals surface area (Å²) < 4.78 is 0. The van der Waals surface area contributed by atoms with Gasteiger partial charge >= 0.3 is 0 Å². The molecule has 0 bridgehead atoms. The highest BCUT2D eigenvalue weighted by molar-refractivity contribution is 7.12. The van der Waals surface area contributed by atoms with Crippen LogP contribution in [0.5, 0.6) is 0 Å². The molecule has 0 radical (unpaired) electrons. The van der Waals surface area contributed by atoms with Crippen molar-refractivity contribution in [1.82, 2.24) is 10.2 Å². The second kappa shape index (κ2) is 8.27. The van der Waals surface area contributed by atoms with Crippen molar-refractivity contribution in [2.24, 2.45) is 0 Å². The van der Waals surface area contributed by atoms with Crippen LogP contribution in [0.15, 0.2) is 17.5 Å². The average molecular weight is 279 g/mol. The van der Waals surface area contributed by atoms with Gasteiger partial charge < -0.3 is 10.2 Å². The minimum atomic E-state index is -0.105. The maximum Gasteiger partial charge on any atom is 0.261 e. The van der Waals surface area contributed by atoms with E-state index in [9.17, 15) is 9.59 Å². The lowest BCUT2D eigenvalue weighted by molar-refractivity contribution is -0.130. The van der Waals surface area contributed by atoms with Crippen LogP contribution in [0.4, 0.5) is 0 Å². The molecule has 2 amide bonds. The summed E-state index contributed by atoms with van der Waals surface area (Å²) in [6.07, 6.45) is 0.929. The predicted octanol–water partition coefficient (Wildman–Crippen LogP) is 1.63. The van der Waals surface area contributed by atoms with Crippen LogP contribution in [-0.2, 0) is 4.79 Å². The van der Waals surface area contributed by atoms with Crippen molar-refractivity contribution in [2.45, 2.75) is 19.8 Å². The molecule has 1 heterocycles. The molecule has 1 N–H and O–H groups in total. The molecule has 19 heavy (non-hydrogen) atoms. The molecule has 0 aliphatic rings. The second-order valence-corrected chi connectivity index (χ2v) is 4.85. The maximum absolute atomic E-state index is 11.7. The summed E-state index contributed by atoms with van der Waals surface area (Å²) >= 11 is 1.39. The minimum Gasteiger partial charge on any atom is -0.351 e. The third-order valence-electron chi connectivity index (χ3n) is 2.59. The molecule has 0 atom stereocenters. The smallest absolute Gasteiger partial charge is 0.261 e. The zero-order chi connectivity index (χ0) is 14.1. The number of thiophene rings is 1. The number of carbonyl (C=O) groups excluding carboxylic acids is 2. The van der Waals surface area contributed by atoms with Gasteiger partial charge in [0.2, 0.25) is 5.91 Å². The van der Waals surface area contributed by atoms with Crippen molar-refractivity contribution in [3.05, 3.63) is 22.4 Å². The van der Waals surface area contributed by atoms with Crippen molar-refractivity contribution in [3.63, 3.8) is 0 Å². The molecular weight excluding hydrogens is 262 g/mol. The topological polar surface area (TPSA) is 73.2 Å². The van der Waals surface area contributed by atoms with E-state index in [2.05, 4.69) is 5.32 Å². The van der Waals surface area contributed by atoms with Gasteiger partial charge in [-0.15, -0.1) is 11.3 Å². The van der Waals surface area contributed by atoms with Gasteiger partial charge in [-0.25, -0.2) is 0 Å². The van der Waals surface area contributed by atoms with E-state index in [1.165, 1.54) is 16.2 Å². The highest BCUT2D eigenvalue weighted by Crippen LogP contribution is 2.07. The molecule has 5 nitrogen and oxygen atoms in total. The van der Waals surface area contributed by atoms with Crippen LogP contribution in [-0.4, -0.2) is 36.3 Å². The Bertz CT molecular complexity index is 451.